The normalized spacial score (nSPS) is 15.5. The van der Waals surface area contributed by atoms with Gasteiger partial charge in [-0.15, -0.1) is 0 Å². The summed E-state index contributed by atoms with van der Waals surface area (Å²) < 4.78 is 0. The van der Waals surface area contributed by atoms with Gasteiger partial charge < -0.3 is 38.3 Å². The summed E-state index contributed by atoms with van der Waals surface area (Å²) in [6.07, 6.45) is 1.91. The topological polar surface area (TPSA) is 220 Å². The minimum atomic E-state index is -1.18. The molecule has 196 valence electrons. The number of amides is 4. The molecule has 10 N–H and O–H groups in total. The summed E-state index contributed by atoms with van der Waals surface area (Å²) >= 11 is 0. The summed E-state index contributed by atoms with van der Waals surface area (Å²) in [5.74, 6) is -4.25. The van der Waals surface area contributed by atoms with Crippen LogP contribution in [0.1, 0.15) is 66.2 Å². The van der Waals surface area contributed by atoms with Crippen molar-refractivity contribution in [2.75, 3.05) is 6.54 Å². The van der Waals surface area contributed by atoms with Crippen molar-refractivity contribution in [3.63, 3.8) is 0 Å². The van der Waals surface area contributed by atoms with E-state index in [0.29, 0.717) is 25.8 Å². The minimum absolute atomic E-state index is 0.0336. The third-order valence-electron chi connectivity index (χ3n) is 5.64. The Hall–Kier alpha value is -2.73. The number of rotatable bonds is 17. The molecule has 5 unspecified atom stereocenters. The predicted molar refractivity (Wildman–Crippen MR) is 127 cm³/mol. The molecule has 12 nitrogen and oxygen atoms in total. The fourth-order valence-corrected chi connectivity index (χ4v) is 3.18. The highest BCUT2D eigenvalue weighted by atomic mass is 16.4. The molecule has 34 heavy (non-hydrogen) atoms. The van der Waals surface area contributed by atoms with Gasteiger partial charge in [0, 0.05) is 6.42 Å². The van der Waals surface area contributed by atoms with Crippen molar-refractivity contribution in [1.29, 1.82) is 0 Å². The summed E-state index contributed by atoms with van der Waals surface area (Å²) in [7, 11) is 0. The van der Waals surface area contributed by atoms with Crippen molar-refractivity contribution in [1.82, 2.24) is 16.0 Å². The number of carbonyl (C=O) groups is 5. The summed E-state index contributed by atoms with van der Waals surface area (Å²) in [5, 5.41) is 17.1. The molecule has 0 bridgehead atoms. The Labute approximate surface area is 201 Å². The summed E-state index contributed by atoms with van der Waals surface area (Å²) in [5.41, 5.74) is 16.4. The molecule has 0 spiro atoms. The van der Waals surface area contributed by atoms with Crippen LogP contribution in [0, 0.1) is 11.8 Å². The number of nitrogens with one attached hydrogen (secondary N) is 3. The van der Waals surface area contributed by atoms with Crippen molar-refractivity contribution < 1.29 is 29.1 Å². The monoisotopic (exact) mass is 486 g/mol. The van der Waals surface area contributed by atoms with Gasteiger partial charge in [-0.05, 0) is 44.1 Å². The van der Waals surface area contributed by atoms with Gasteiger partial charge >= 0.3 is 5.97 Å². The van der Waals surface area contributed by atoms with E-state index in [9.17, 15) is 29.1 Å². The second-order valence-electron chi connectivity index (χ2n) is 8.90. The average molecular weight is 487 g/mol. The Morgan fingerprint density at radius 2 is 1.44 bits per heavy atom. The van der Waals surface area contributed by atoms with Crippen LogP contribution in [-0.4, -0.2) is 65.4 Å². The van der Waals surface area contributed by atoms with E-state index in [-0.39, 0.29) is 31.1 Å². The first-order valence-electron chi connectivity index (χ1n) is 11.7. The van der Waals surface area contributed by atoms with Crippen LogP contribution in [0.4, 0.5) is 0 Å². The predicted octanol–water partition coefficient (Wildman–Crippen LogP) is -1.05. The van der Waals surface area contributed by atoms with E-state index >= 15 is 0 Å². The lowest BCUT2D eigenvalue weighted by atomic mass is 9.96. The quantitative estimate of drug-likeness (QED) is 0.125. The maximum absolute atomic E-state index is 13.1. The highest BCUT2D eigenvalue weighted by Crippen LogP contribution is 2.11. The van der Waals surface area contributed by atoms with E-state index in [1.165, 1.54) is 0 Å². The van der Waals surface area contributed by atoms with Gasteiger partial charge in [-0.2, -0.15) is 0 Å². The van der Waals surface area contributed by atoms with E-state index in [1.54, 1.807) is 20.8 Å². The van der Waals surface area contributed by atoms with Crippen molar-refractivity contribution in [3.8, 4) is 0 Å². The molecular weight excluding hydrogens is 444 g/mol. The van der Waals surface area contributed by atoms with E-state index in [4.69, 9.17) is 17.2 Å². The van der Waals surface area contributed by atoms with Gasteiger partial charge in [-0.3, -0.25) is 19.2 Å². The van der Waals surface area contributed by atoms with Crippen molar-refractivity contribution >= 4 is 29.6 Å². The molecule has 0 radical (unpaired) electrons. The van der Waals surface area contributed by atoms with Gasteiger partial charge in [0.2, 0.25) is 23.6 Å². The Morgan fingerprint density at radius 3 is 1.91 bits per heavy atom. The van der Waals surface area contributed by atoms with Crippen LogP contribution in [0.25, 0.3) is 0 Å². The molecule has 0 rings (SSSR count). The lowest BCUT2D eigenvalue weighted by molar-refractivity contribution is -0.143. The van der Waals surface area contributed by atoms with Crippen molar-refractivity contribution in [2.24, 2.45) is 29.0 Å². The number of carbonyl (C=O) groups excluding carboxylic acids is 4. The molecule has 12 heteroatoms. The molecule has 0 aliphatic rings. The van der Waals surface area contributed by atoms with Crippen molar-refractivity contribution in [2.45, 2.75) is 90.4 Å². The zero-order valence-corrected chi connectivity index (χ0v) is 20.6. The fraction of sp³-hybridized carbons (Fsp3) is 0.773. The van der Waals surface area contributed by atoms with E-state index in [0.717, 1.165) is 0 Å². The zero-order valence-electron chi connectivity index (χ0n) is 20.6. The molecule has 0 aromatic rings. The summed E-state index contributed by atoms with van der Waals surface area (Å²) in [6, 6.07) is -4.14. The molecule has 0 heterocycles. The van der Waals surface area contributed by atoms with Crippen LogP contribution in [0.2, 0.25) is 0 Å². The molecule has 0 aromatic heterocycles. The fourth-order valence-electron chi connectivity index (χ4n) is 3.18. The van der Waals surface area contributed by atoms with Gasteiger partial charge in [-0.1, -0.05) is 34.1 Å². The van der Waals surface area contributed by atoms with E-state index < -0.39 is 53.8 Å². The van der Waals surface area contributed by atoms with Crippen LogP contribution in [0.5, 0.6) is 0 Å². The molecule has 0 aliphatic heterocycles. The number of nitrogens with two attached hydrogens (primary N) is 3. The first-order chi connectivity index (χ1) is 15.8. The zero-order chi connectivity index (χ0) is 26.4. The Morgan fingerprint density at radius 1 is 0.853 bits per heavy atom. The highest BCUT2D eigenvalue weighted by molar-refractivity contribution is 5.94. The number of aliphatic carboxylic acids is 1. The van der Waals surface area contributed by atoms with Gasteiger partial charge in [0.15, 0.2) is 0 Å². The van der Waals surface area contributed by atoms with Gasteiger partial charge in [0.05, 0.1) is 6.04 Å². The molecule has 0 aliphatic carbocycles. The SMILES string of the molecule is CCC(C)C(NC(=O)C(N)CCC(N)=O)C(=O)NC(CCCCN)C(=O)NC(C(=O)O)C(C)C. The average Bonchev–Trinajstić information content (AvgIpc) is 2.77. The Kier molecular flexibility index (Phi) is 14.7. The number of carboxylic acid groups (broad SMARTS) is 1. The van der Waals surface area contributed by atoms with Gasteiger partial charge in [-0.25, -0.2) is 4.79 Å². The Balaban J connectivity index is 5.53. The van der Waals surface area contributed by atoms with Crippen LogP contribution in [0.15, 0.2) is 0 Å². The smallest absolute Gasteiger partial charge is 0.326 e. The largest absolute Gasteiger partial charge is 0.480 e. The number of carboxylic acids is 1. The maximum atomic E-state index is 13.1. The molecule has 0 aromatic carbocycles. The van der Waals surface area contributed by atoms with E-state index in [1.807, 2.05) is 6.92 Å². The third kappa shape index (κ3) is 11.4. The second-order valence-corrected chi connectivity index (χ2v) is 8.90. The summed E-state index contributed by atoms with van der Waals surface area (Å²) in [4.78, 5) is 60.9. The van der Waals surface area contributed by atoms with Crippen LogP contribution < -0.4 is 33.2 Å². The standard InChI is InChI=1S/C22H42N6O6/c1-5-13(4)18(28-19(30)14(24)9-10-16(25)29)21(32)26-15(8-6-7-11-23)20(31)27-17(12(2)3)22(33)34/h12-15,17-18H,5-11,23-24H2,1-4H3,(H2,25,29)(H,26,32)(H,27,31)(H,28,30)(H,33,34). The van der Waals surface area contributed by atoms with E-state index in [2.05, 4.69) is 16.0 Å². The third-order valence-corrected chi connectivity index (χ3v) is 5.64. The molecule has 5 atom stereocenters. The number of primary amides is 1. The lowest BCUT2D eigenvalue weighted by Crippen LogP contribution is -2.59. The number of hydrogen-bond donors (Lipinski definition) is 7. The van der Waals surface area contributed by atoms with Crippen LogP contribution in [-0.2, 0) is 24.0 Å². The van der Waals surface area contributed by atoms with Crippen molar-refractivity contribution in [3.05, 3.63) is 0 Å². The van der Waals surface area contributed by atoms with Gasteiger partial charge in [0.25, 0.3) is 0 Å². The number of unbranched alkanes of at least 4 members (excludes halogenated alkanes) is 1. The van der Waals surface area contributed by atoms with Crippen LogP contribution >= 0.6 is 0 Å². The minimum Gasteiger partial charge on any atom is -0.480 e. The van der Waals surface area contributed by atoms with Crippen LogP contribution in [0.3, 0.4) is 0 Å². The molecule has 0 saturated carbocycles. The molecule has 0 fully saturated rings. The lowest BCUT2D eigenvalue weighted by Gasteiger charge is -2.28. The van der Waals surface area contributed by atoms with Gasteiger partial charge in [0.1, 0.15) is 18.1 Å². The second kappa shape index (κ2) is 16.0. The summed E-state index contributed by atoms with van der Waals surface area (Å²) in [6.45, 7) is 7.34. The first kappa shape index (κ1) is 31.3. The highest BCUT2D eigenvalue weighted by Gasteiger charge is 2.32. The number of hydrogen-bond acceptors (Lipinski definition) is 7. The molecular formula is C22H42N6O6. The Bertz CT molecular complexity index is 701. The molecule has 4 amide bonds. The first-order valence-corrected chi connectivity index (χ1v) is 11.7. The molecule has 0 saturated heterocycles. The maximum Gasteiger partial charge on any atom is 0.326 e.